The summed E-state index contributed by atoms with van der Waals surface area (Å²) in [5, 5.41) is 0. The largest absolute Gasteiger partial charge is 0.416 e. The first-order valence-electron chi connectivity index (χ1n) is 3.51. The zero-order chi connectivity index (χ0) is 10.1. The Balaban J connectivity index is 0.00000169. The summed E-state index contributed by atoms with van der Waals surface area (Å²) in [7, 11) is 0. The van der Waals surface area contributed by atoms with Gasteiger partial charge in [-0.2, -0.15) is 25.8 Å². The van der Waals surface area contributed by atoms with Crippen LogP contribution < -0.4 is 5.73 Å². The fourth-order valence-electron chi connectivity index (χ4n) is 0.915. The molecule has 2 N–H and O–H groups in total. The molecule has 0 aliphatic carbocycles. The van der Waals surface area contributed by atoms with Crippen molar-refractivity contribution in [3.8, 4) is 0 Å². The van der Waals surface area contributed by atoms with Crippen molar-refractivity contribution in [3.05, 3.63) is 29.3 Å². The summed E-state index contributed by atoms with van der Waals surface area (Å²) >= 11 is 3.93. The SMILES string of the molecule is Cl.Nc1cc(C(F)(F)F)ccc1CS. The van der Waals surface area contributed by atoms with Crippen molar-refractivity contribution in [2.75, 3.05) is 5.73 Å². The smallest absolute Gasteiger partial charge is 0.398 e. The van der Waals surface area contributed by atoms with Crippen LogP contribution in [0.3, 0.4) is 0 Å². The Bertz CT molecular complexity index is 314. The minimum Gasteiger partial charge on any atom is -0.398 e. The van der Waals surface area contributed by atoms with Gasteiger partial charge in [-0.15, -0.1) is 12.4 Å². The van der Waals surface area contributed by atoms with Gasteiger partial charge < -0.3 is 5.73 Å². The van der Waals surface area contributed by atoms with E-state index in [1.807, 2.05) is 0 Å². The third-order valence-electron chi connectivity index (χ3n) is 1.64. The number of anilines is 1. The van der Waals surface area contributed by atoms with Crippen LogP contribution >= 0.6 is 25.0 Å². The van der Waals surface area contributed by atoms with E-state index in [1.165, 1.54) is 6.07 Å². The van der Waals surface area contributed by atoms with Gasteiger partial charge in [0.25, 0.3) is 0 Å². The van der Waals surface area contributed by atoms with Crippen LogP contribution in [0.1, 0.15) is 11.1 Å². The Hall–Kier alpha value is -0.550. The van der Waals surface area contributed by atoms with Crippen LogP contribution in [0.4, 0.5) is 18.9 Å². The molecular formula is C8H9ClF3NS. The minimum absolute atomic E-state index is 0. The highest BCUT2D eigenvalue weighted by molar-refractivity contribution is 7.79. The number of rotatable bonds is 1. The standard InChI is InChI=1S/C8H8F3NS.ClH/c9-8(10,11)6-2-1-5(4-13)7(12)3-6;/h1-3,13H,4,12H2;1H. The first-order chi connectivity index (χ1) is 5.95. The zero-order valence-corrected chi connectivity index (χ0v) is 8.72. The molecule has 0 bridgehead atoms. The second-order valence-corrected chi connectivity index (χ2v) is 2.89. The maximum atomic E-state index is 12.1. The molecule has 0 heterocycles. The molecule has 1 nitrogen and oxygen atoms in total. The Morgan fingerprint density at radius 1 is 1.29 bits per heavy atom. The lowest BCUT2D eigenvalue weighted by molar-refractivity contribution is -0.137. The molecule has 0 aliphatic heterocycles. The van der Waals surface area contributed by atoms with Gasteiger partial charge in [-0.25, -0.2) is 0 Å². The van der Waals surface area contributed by atoms with Crippen LogP contribution in [0.2, 0.25) is 0 Å². The number of benzene rings is 1. The molecule has 0 unspecified atom stereocenters. The fraction of sp³-hybridized carbons (Fsp3) is 0.250. The van der Waals surface area contributed by atoms with Gasteiger partial charge in [0.05, 0.1) is 5.56 Å². The van der Waals surface area contributed by atoms with Crippen molar-refractivity contribution in [2.45, 2.75) is 11.9 Å². The second-order valence-electron chi connectivity index (χ2n) is 2.57. The lowest BCUT2D eigenvalue weighted by Gasteiger charge is -2.09. The third kappa shape index (κ3) is 2.99. The van der Waals surface area contributed by atoms with Crippen molar-refractivity contribution < 1.29 is 13.2 Å². The van der Waals surface area contributed by atoms with E-state index < -0.39 is 11.7 Å². The summed E-state index contributed by atoms with van der Waals surface area (Å²) in [5.41, 5.74) is 5.39. The first-order valence-corrected chi connectivity index (χ1v) is 4.15. The summed E-state index contributed by atoms with van der Waals surface area (Å²) in [4.78, 5) is 0. The second kappa shape index (κ2) is 4.79. The lowest BCUT2D eigenvalue weighted by atomic mass is 10.1. The molecule has 0 fully saturated rings. The number of thiol groups is 1. The maximum absolute atomic E-state index is 12.1. The van der Waals surface area contributed by atoms with Gasteiger partial charge in [-0.3, -0.25) is 0 Å². The zero-order valence-electron chi connectivity index (χ0n) is 7.01. The molecule has 14 heavy (non-hydrogen) atoms. The molecule has 0 spiro atoms. The van der Waals surface area contributed by atoms with Gasteiger partial charge in [-0.1, -0.05) is 6.07 Å². The van der Waals surface area contributed by atoms with E-state index in [2.05, 4.69) is 12.6 Å². The molecular weight excluding hydrogens is 235 g/mol. The van der Waals surface area contributed by atoms with E-state index in [1.54, 1.807) is 0 Å². The van der Waals surface area contributed by atoms with E-state index in [-0.39, 0.29) is 18.1 Å². The minimum atomic E-state index is -4.33. The average molecular weight is 244 g/mol. The molecule has 80 valence electrons. The predicted octanol–water partition coefficient (Wildman–Crippen LogP) is 3.14. The maximum Gasteiger partial charge on any atom is 0.416 e. The number of nitrogen functional groups attached to an aromatic ring is 1. The van der Waals surface area contributed by atoms with Crippen LogP contribution in [0.5, 0.6) is 0 Å². The van der Waals surface area contributed by atoms with Crippen LogP contribution in [-0.2, 0) is 11.9 Å². The first kappa shape index (κ1) is 13.4. The molecule has 0 atom stereocenters. The van der Waals surface area contributed by atoms with E-state index in [0.717, 1.165) is 12.1 Å². The van der Waals surface area contributed by atoms with E-state index >= 15 is 0 Å². The highest BCUT2D eigenvalue weighted by Crippen LogP contribution is 2.31. The fourth-order valence-corrected chi connectivity index (χ4v) is 1.20. The summed E-state index contributed by atoms with van der Waals surface area (Å²) in [6.07, 6.45) is -4.33. The summed E-state index contributed by atoms with van der Waals surface area (Å²) in [6, 6.07) is 3.26. The number of alkyl halides is 3. The topological polar surface area (TPSA) is 26.0 Å². The molecule has 1 aromatic carbocycles. The van der Waals surface area contributed by atoms with Gasteiger partial charge in [0.2, 0.25) is 0 Å². The molecule has 6 heteroatoms. The third-order valence-corrected chi connectivity index (χ3v) is 1.98. The molecule has 0 aromatic heterocycles. The molecule has 0 saturated carbocycles. The Labute approximate surface area is 91.3 Å². The van der Waals surface area contributed by atoms with Gasteiger partial charge in [0.1, 0.15) is 0 Å². The number of nitrogens with two attached hydrogens (primary N) is 1. The predicted molar refractivity (Wildman–Crippen MR) is 55.8 cm³/mol. The molecule has 1 aromatic rings. The van der Waals surface area contributed by atoms with Crippen LogP contribution in [0.25, 0.3) is 0 Å². The normalized spacial score (nSPS) is 10.9. The molecule has 0 saturated heterocycles. The summed E-state index contributed by atoms with van der Waals surface area (Å²) in [5.74, 6) is 0.337. The number of halogens is 4. The molecule has 0 aliphatic rings. The summed E-state index contributed by atoms with van der Waals surface area (Å²) < 4.78 is 36.4. The van der Waals surface area contributed by atoms with Crippen molar-refractivity contribution in [2.24, 2.45) is 0 Å². The molecule has 1 rings (SSSR count). The van der Waals surface area contributed by atoms with E-state index in [0.29, 0.717) is 11.3 Å². The molecule has 0 amide bonds. The van der Waals surface area contributed by atoms with Crippen LogP contribution in [-0.4, -0.2) is 0 Å². The van der Waals surface area contributed by atoms with E-state index in [4.69, 9.17) is 5.73 Å². The van der Waals surface area contributed by atoms with Gasteiger partial charge in [-0.05, 0) is 17.7 Å². The highest BCUT2D eigenvalue weighted by atomic mass is 35.5. The summed E-state index contributed by atoms with van der Waals surface area (Å²) in [6.45, 7) is 0. The monoisotopic (exact) mass is 243 g/mol. The number of hydrogen-bond donors (Lipinski definition) is 2. The lowest BCUT2D eigenvalue weighted by Crippen LogP contribution is -2.06. The molecule has 0 radical (unpaired) electrons. The quantitative estimate of drug-likeness (QED) is 0.575. The van der Waals surface area contributed by atoms with Crippen molar-refractivity contribution >= 4 is 30.7 Å². The Morgan fingerprint density at radius 2 is 1.86 bits per heavy atom. The highest BCUT2D eigenvalue weighted by Gasteiger charge is 2.30. The Kier molecular flexibility index (Phi) is 4.61. The van der Waals surface area contributed by atoms with Gasteiger partial charge >= 0.3 is 6.18 Å². The Morgan fingerprint density at radius 3 is 2.21 bits per heavy atom. The van der Waals surface area contributed by atoms with Crippen molar-refractivity contribution in [3.63, 3.8) is 0 Å². The van der Waals surface area contributed by atoms with Gasteiger partial charge in [0, 0.05) is 11.4 Å². The van der Waals surface area contributed by atoms with Crippen LogP contribution in [0.15, 0.2) is 18.2 Å². The van der Waals surface area contributed by atoms with E-state index in [9.17, 15) is 13.2 Å². The van der Waals surface area contributed by atoms with Gasteiger partial charge in [0.15, 0.2) is 0 Å². The van der Waals surface area contributed by atoms with Crippen molar-refractivity contribution in [1.82, 2.24) is 0 Å². The van der Waals surface area contributed by atoms with Crippen molar-refractivity contribution in [1.29, 1.82) is 0 Å². The van der Waals surface area contributed by atoms with Crippen LogP contribution in [0, 0.1) is 0 Å². The number of hydrogen-bond acceptors (Lipinski definition) is 2. The average Bonchev–Trinajstić information content (AvgIpc) is 2.02.